The second-order valence-electron chi connectivity index (χ2n) is 8.36. The number of aromatic nitrogens is 3. The van der Waals surface area contributed by atoms with Gasteiger partial charge in [-0.3, -0.25) is 9.52 Å². The van der Waals surface area contributed by atoms with Crippen LogP contribution in [0.15, 0.2) is 47.4 Å². The van der Waals surface area contributed by atoms with Gasteiger partial charge >= 0.3 is 0 Å². The fourth-order valence-electron chi connectivity index (χ4n) is 3.21. The highest BCUT2D eigenvalue weighted by Gasteiger charge is 2.22. The van der Waals surface area contributed by atoms with E-state index in [1.165, 1.54) is 18.2 Å². The van der Waals surface area contributed by atoms with E-state index in [2.05, 4.69) is 35.7 Å². The fourth-order valence-corrected chi connectivity index (χ4v) is 4.29. The molecule has 1 amide bonds. The number of primary amides is 1. The minimum absolute atomic E-state index is 0.0876. The van der Waals surface area contributed by atoms with Crippen LogP contribution in [0, 0.1) is 0 Å². The van der Waals surface area contributed by atoms with Gasteiger partial charge in [-0.2, -0.15) is 0 Å². The van der Waals surface area contributed by atoms with E-state index in [-0.39, 0.29) is 21.6 Å². The van der Waals surface area contributed by atoms with Crippen molar-refractivity contribution in [3.8, 4) is 11.4 Å². The minimum Gasteiger partial charge on any atom is -0.366 e. The highest BCUT2D eigenvalue weighted by molar-refractivity contribution is 7.92. The summed E-state index contributed by atoms with van der Waals surface area (Å²) >= 11 is 0. The lowest BCUT2D eigenvalue weighted by atomic mass is 9.87. The predicted molar refractivity (Wildman–Crippen MR) is 120 cm³/mol. The van der Waals surface area contributed by atoms with Crippen molar-refractivity contribution in [1.82, 2.24) is 14.8 Å². The normalized spacial score (nSPS) is 12.0. The van der Waals surface area contributed by atoms with E-state index in [9.17, 15) is 13.2 Å². The van der Waals surface area contributed by atoms with Gasteiger partial charge in [0.2, 0.25) is 5.91 Å². The van der Waals surface area contributed by atoms with Crippen molar-refractivity contribution in [1.29, 1.82) is 0 Å². The van der Waals surface area contributed by atoms with Crippen LogP contribution in [0.3, 0.4) is 0 Å². The highest BCUT2D eigenvalue weighted by atomic mass is 32.2. The summed E-state index contributed by atoms with van der Waals surface area (Å²) in [6.07, 6.45) is 0.653. The monoisotopic (exact) mass is 441 g/mol. The lowest BCUT2D eigenvalue weighted by Crippen LogP contribution is -2.16. The third-order valence-electron chi connectivity index (χ3n) is 5.10. The molecule has 8 nitrogen and oxygen atoms in total. The molecule has 164 valence electrons. The summed E-state index contributed by atoms with van der Waals surface area (Å²) in [6, 6.07) is 11.3. The van der Waals surface area contributed by atoms with Crippen molar-refractivity contribution >= 4 is 21.6 Å². The summed E-state index contributed by atoms with van der Waals surface area (Å²) in [5.74, 6) is 0.540. The average Bonchev–Trinajstić information content (AvgIpc) is 3.07. The van der Waals surface area contributed by atoms with Crippen molar-refractivity contribution in [2.75, 3.05) is 4.72 Å². The number of anilines is 1. The summed E-state index contributed by atoms with van der Waals surface area (Å²) in [7, 11) is -2.09. The largest absolute Gasteiger partial charge is 0.366 e. The van der Waals surface area contributed by atoms with Gasteiger partial charge in [0, 0.05) is 24.6 Å². The van der Waals surface area contributed by atoms with E-state index in [1.807, 2.05) is 19.1 Å². The van der Waals surface area contributed by atoms with Gasteiger partial charge in [0.25, 0.3) is 10.0 Å². The van der Waals surface area contributed by atoms with Crippen molar-refractivity contribution in [2.24, 2.45) is 12.8 Å². The third-order valence-corrected chi connectivity index (χ3v) is 6.48. The van der Waals surface area contributed by atoms with Crippen LogP contribution in [0.1, 0.15) is 49.4 Å². The molecule has 9 heteroatoms. The zero-order chi connectivity index (χ0) is 23.0. The molecular formula is C22H27N5O3S. The molecule has 0 saturated carbocycles. The Balaban J connectivity index is 2.06. The molecule has 3 aromatic rings. The molecule has 0 fully saturated rings. The SMILES string of the molecule is CCc1nnc(-c2cc(C(N)=O)ccc2NS(=O)(=O)c2ccc(C(C)(C)C)cc2)n1C. The predicted octanol–water partition coefficient (Wildman–Crippen LogP) is 3.24. The van der Waals surface area contributed by atoms with Crippen LogP contribution >= 0.6 is 0 Å². The number of benzene rings is 2. The number of nitrogens with one attached hydrogen (secondary N) is 1. The molecule has 2 aromatic carbocycles. The Hall–Kier alpha value is -3.20. The quantitative estimate of drug-likeness (QED) is 0.608. The number of hydrogen-bond donors (Lipinski definition) is 2. The first-order chi connectivity index (χ1) is 14.4. The lowest BCUT2D eigenvalue weighted by Gasteiger charge is -2.19. The maximum absolute atomic E-state index is 13.1. The number of carbonyl (C=O) groups is 1. The molecule has 0 unspecified atom stereocenters. The Morgan fingerprint density at radius 3 is 2.26 bits per heavy atom. The van der Waals surface area contributed by atoms with E-state index in [0.717, 1.165) is 11.4 Å². The molecule has 3 N–H and O–H groups in total. The van der Waals surface area contributed by atoms with E-state index in [4.69, 9.17) is 5.73 Å². The van der Waals surface area contributed by atoms with Crippen LogP contribution in [0.2, 0.25) is 0 Å². The average molecular weight is 442 g/mol. The van der Waals surface area contributed by atoms with E-state index in [0.29, 0.717) is 17.8 Å². The smallest absolute Gasteiger partial charge is 0.261 e. The van der Waals surface area contributed by atoms with Crippen LogP contribution in [-0.4, -0.2) is 29.1 Å². The molecule has 0 spiro atoms. The molecule has 3 rings (SSSR count). The number of hydrogen-bond acceptors (Lipinski definition) is 5. The summed E-state index contributed by atoms with van der Waals surface area (Å²) in [5.41, 5.74) is 7.31. The zero-order valence-electron chi connectivity index (χ0n) is 18.3. The summed E-state index contributed by atoms with van der Waals surface area (Å²) < 4.78 is 30.5. The highest BCUT2D eigenvalue weighted by Crippen LogP contribution is 2.31. The van der Waals surface area contributed by atoms with Crippen molar-refractivity contribution < 1.29 is 13.2 Å². The van der Waals surface area contributed by atoms with Gasteiger partial charge in [-0.25, -0.2) is 8.42 Å². The van der Waals surface area contributed by atoms with Crippen LogP contribution in [0.5, 0.6) is 0 Å². The number of rotatable bonds is 6. The standard InChI is InChI=1S/C22H27N5O3S/c1-6-19-24-25-21(27(19)5)17-13-14(20(23)28)7-12-18(17)26-31(29,30)16-10-8-15(9-11-16)22(2,3)4/h7-13,26H,6H2,1-5H3,(H2,23,28). The summed E-state index contributed by atoms with van der Waals surface area (Å²) in [4.78, 5) is 11.8. The van der Waals surface area contributed by atoms with E-state index < -0.39 is 15.9 Å². The maximum atomic E-state index is 13.1. The molecule has 0 aliphatic rings. The number of nitrogens with two attached hydrogens (primary N) is 1. The fraction of sp³-hybridized carbons (Fsp3) is 0.318. The molecule has 0 aliphatic heterocycles. The molecule has 0 aliphatic carbocycles. The van der Waals surface area contributed by atoms with Crippen molar-refractivity contribution in [2.45, 2.75) is 44.4 Å². The number of carbonyl (C=O) groups excluding carboxylic acids is 1. The Labute approximate surface area is 182 Å². The van der Waals surface area contributed by atoms with Gasteiger partial charge in [0.05, 0.1) is 10.6 Å². The second kappa shape index (κ2) is 8.14. The molecule has 1 aromatic heterocycles. The Morgan fingerprint density at radius 1 is 1.10 bits per heavy atom. The van der Waals surface area contributed by atoms with Gasteiger partial charge in [0.15, 0.2) is 5.82 Å². The maximum Gasteiger partial charge on any atom is 0.261 e. The third kappa shape index (κ3) is 4.61. The Kier molecular flexibility index (Phi) is 5.91. The van der Waals surface area contributed by atoms with Gasteiger partial charge in [-0.15, -0.1) is 10.2 Å². The molecule has 0 radical (unpaired) electrons. The van der Waals surface area contributed by atoms with Gasteiger partial charge in [-0.1, -0.05) is 39.8 Å². The second-order valence-corrected chi connectivity index (χ2v) is 10.0. The van der Waals surface area contributed by atoms with Gasteiger partial charge in [0.1, 0.15) is 5.82 Å². The van der Waals surface area contributed by atoms with Crippen molar-refractivity contribution in [3.05, 3.63) is 59.4 Å². The Morgan fingerprint density at radius 2 is 1.74 bits per heavy atom. The number of sulfonamides is 1. The first kappa shape index (κ1) is 22.5. The number of amides is 1. The number of nitrogens with zero attached hydrogens (tertiary/aromatic N) is 3. The minimum atomic E-state index is -3.87. The molecule has 1 heterocycles. The summed E-state index contributed by atoms with van der Waals surface area (Å²) in [5, 5.41) is 8.32. The molecule has 31 heavy (non-hydrogen) atoms. The lowest BCUT2D eigenvalue weighted by molar-refractivity contribution is 0.100. The van der Waals surface area contributed by atoms with Crippen LogP contribution in [0.25, 0.3) is 11.4 Å². The van der Waals surface area contributed by atoms with Gasteiger partial charge < -0.3 is 10.3 Å². The Bertz CT molecular complexity index is 1220. The van der Waals surface area contributed by atoms with E-state index in [1.54, 1.807) is 23.7 Å². The first-order valence-corrected chi connectivity index (χ1v) is 11.4. The topological polar surface area (TPSA) is 120 Å². The number of aryl methyl sites for hydroxylation is 1. The molecular weight excluding hydrogens is 414 g/mol. The zero-order valence-corrected chi connectivity index (χ0v) is 19.1. The molecule has 0 bridgehead atoms. The molecule has 0 saturated heterocycles. The van der Waals surface area contributed by atoms with E-state index >= 15 is 0 Å². The van der Waals surface area contributed by atoms with Crippen LogP contribution in [0.4, 0.5) is 5.69 Å². The van der Waals surface area contributed by atoms with Crippen LogP contribution < -0.4 is 10.5 Å². The summed E-state index contributed by atoms with van der Waals surface area (Å²) in [6.45, 7) is 8.13. The van der Waals surface area contributed by atoms with Crippen molar-refractivity contribution in [3.63, 3.8) is 0 Å². The van der Waals surface area contributed by atoms with Gasteiger partial charge in [-0.05, 0) is 41.3 Å². The first-order valence-electron chi connectivity index (χ1n) is 9.90. The molecule has 0 atom stereocenters. The van der Waals surface area contributed by atoms with Crippen LogP contribution in [-0.2, 0) is 28.9 Å².